The highest BCUT2D eigenvalue weighted by Gasteiger charge is 2.22. The van der Waals surface area contributed by atoms with Crippen LogP contribution in [0.5, 0.6) is 5.75 Å². The number of primary amides is 1. The number of ether oxygens (including phenoxy) is 1. The Bertz CT molecular complexity index is 1290. The van der Waals surface area contributed by atoms with Gasteiger partial charge in [0.15, 0.2) is 0 Å². The lowest BCUT2D eigenvalue weighted by molar-refractivity contribution is -0.137. The zero-order chi connectivity index (χ0) is 22.1. The fraction of sp³-hybridized carbons (Fsp3) is 0.200. The molecule has 0 saturated heterocycles. The molecule has 0 aliphatic heterocycles. The van der Waals surface area contributed by atoms with Crippen molar-refractivity contribution < 1.29 is 19.4 Å². The van der Waals surface area contributed by atoms with E-state index in [9.17, 15) is 14.7 Å². The zero-order valence-electron chi connectivity index (χ0n) is 17.5. The summed E-state index contributed by atoms with van der Waals surface area (Å²) in [6.45, 7) is 3.94. The highest BCUT2D eigenvalue weighted by atomic mass is 16.5. The van der Waals surface area contributed by atoms with Crippen LogP contribution in [0, 0.1) is 0 Å². The molecule has 6 nitrogen and oxygen atoms in total. The third-order valence-corrected chi connectivity index (χ3v) is 5.45. The molecule has 158 valence electrons. The van der Waals surface area contributed by atoms with Gasteiger partial charge in [-0.3, -0.25) is 4.79 Å². The van der Waals surface area contributed by atoms with Gasteiger partial charge < -0.3 is 20.1 Å². The van der Waals surface area contributed by atoms with Crippen molar-refractivity contribution in [3.63, 3.8) is 0 Å². The van der Waals surface area contributed by atoms with E-state index in [1.54, 1.807) is 18.2 Å². The van der Waals surface area contributed by atoms with Crippen molar-refractivity contribution >= 4 is 33.7 Å². The van der Waals surface area contributed by atoms with E-state index in [1.165, 1.54) is 0 Å². The molecule has 0 fully saturated rings. The van der Waals surface area contributed by atoms with Gasteiger partial charge in [-0.1, -0.05) is 50.2 Å². The van der Waals surface area contributed by atoms with Crippen LogP contribution in [0.2, 0.25) is 0 Å². The van der Waals surface area contributed by atoms with E-state index < -0.39 is 18.5 Å². The van der Waals surface area contributed by atoms with Crippen LogP contribution >= 0.6 is 0 Å². The average molecular weight is 416 g/mol. The second kappa shape index (κ2) is 8.24. The van der Waals surface area contributed by atoms with Gasteiger partial charge in [-0.25, -0.2) is 4.79 Å². The number of esters is 1. The molecule has 1 aromatic heterocycles. The lowest BCUT2D eigenvalue weighted by Gasteiger charge is -2.13. The van der Waals surface area contributed by atoms with Gasteiger partial charge in [-0.2, -0.15) is 0 Å². The number of carbonyl (C=O) groups is 2. The first-order valence-corrected chi connectivity index (χ1v) is 10.1. The van der Waals surface area contributed by atoms with Gasteiger partial charge in [0.05, 0.1) is 16.4 Å². The summed E-state index contributed by atoms with van der Waals surface area (Å²) in [5.74, 6) is -0.833. The molecule has 0 spiro atoms. The Balaban J connectivity index is 2.12. The van der Waals surface area contributed by atoms with E-state index in [-0.39, 0.29) is 5.92 Å². The van der Waals surface area contributed by atoms with Crippen LogP contribution in [0.4, 0.5) is 0 Å². The van der Waals surface area contributed by atoms with Crippen molar-refractivity contribution in [3.05, 3.63) is 77.4 Å². The minimum atomic E-state index is -0.761. The molecule has 3 aromatic carbocycles. The molecule has 0 aliphatic carbocycles. The van der Waals surface area contributed by atoms with E-state index in [4.69, 9.17) is 10.5 Å². The van der Waals surface area contributed by atoms with E-state index >= 15 is 0 Å². The molecule has 4 rings (SSSR count). The smallest absolute Gasteiger partial charge is 0.337 e. The van der Waals surface area contributed by atoms with Crippen molar-refractivity contribution in [2.75, 3.05) is 6.61 Å². The SMILES string of the molecule is CC(C)c1cc(OC(=O)CO)c2c3c(C(N)=O)cccc3n(Cc3ccccc3)c2c1. The lowest BCUT2D eigenvalue weighted by Crippen LogP contribution is -2.13. The quantitative estimate of drug-likeness (QED) is 0.367. The molecule has 0 radical (unpaired) electrons. The van der Waals surface area contributed by atoms with Crippen LogP contribution in [0.3, 0.4) is 0 Å². The Kier molecular flexibility index (Phi) is 5.48. The maximum absolute atomic E-state index is 12.3. The molecule has 0 bridgehead atoms. The number of nitrogens with zero attached hydrogens (tertiary/aromatic N) is 1. The summed E-state index contributed by atoms with van der Waals surface area (Å²) in [5, 5.41) is 10.5. The highest BCUT2D eigenvalue weighted by molar-refractivity contribution is 6.20. The Morgan fingerprint density at radius 3 is 2.39 bits per heavy atom. The molecule has 4 aromatic rings. The minimum absolute atomic E-state index is 0.176. The number of fused-ring (bicyclic) bond motifs is 3. The normalized spacial score (nSPS) is 11.4. The second-order valence-corrected chi connectivity index (χ2v) is 7.84. The fourth-order valence-corrected chi connectivity index (χ4v) is 3.95. The summed E-state index contributed by atoms with van der Waals surface area (Å²) < 4.78 is 7.63. The third kappa shape index (κ3) is 3.78. The first-order valence-electron chi connectivity index (χ1n) is 10.1. The molecule has 0 saturated carbocycles. The number of aliphatic hydroxyl groups is 1. The highest BCUT2D eigenvalue weighted by Crippen LogP contribution is 2.40. The third-order valence-electron chi connectivity index (χ3n) is 5.45. The van der Waals surface area contributed by atoms with E-state index in [0.29, 0.717) is 28.6 Å². The molecule has 0 unspecified atom stereocenters. The molecule has 1 heterocycles. The van der Waals surface area contributed by atoms with Crippen LogP contribution in [0.1, 0.15) is 41.3 Å². The minimum Gasteiger partial charge on any atom is -0.424 e. The van der Waals surface area contributed by atoms with Crippen LogP contribution in [-0.4, -0.2) is 28.2 Å². The standard InChI is InChI=1S/C25H24N2O4/c1-15(2)17-11-20-24(21(12-17)31-22(29)14-28)23-18(25(26)30)9-6-10-19(23)27(20)13-16-7-4-3-5-8-16/h3-12,15,28H,13-14H2,1-2H3,(H2,26,30). The monoisotopic (exact) mass is 416 g/mol. The molecule has 0 atom stereocenters. The van der Waals surface area contributed by atoms with E-state index in [2.05, 4.69) is 24.5 Å². The number of carbonyl (C=O) groups excluding carboxylic acids is 2. The van der Waals surface area contributed by atoms with Crippen molar-refractivity contribution in [1.29, 1.82) is 0 Å². The largest absolute Gasteiger partial charge is 0.424 e. The summed E-state index contributed by atoms with van der Waals surface area (Å²) in [4.78, 5) is 24.2. The summed E-state index contributed by atoms with van der Waals surface area (Å²) in [7, 11) is 0. The molecular formula is C25H24N2O4. The second-order valence-electron chi connectivity index (χ2n) is 7.84. The first kappa shape index (κ1) is 20.6. The zero-order valence-corrected chi connectivity index (χ0v) is 17.5. The first-order chi connectivity index (χ1) is 14.9. The summed E-state index contributed by atoms with van der Waals surface area (Å²) >= 11 is 0. The van der Waals surface area contributed by atoms with Gasteiger partial charge in [0, 0.05) is 17.5 Å². The lowest BCUT2D eigenvalue weighted by atomic mass is 9.99. The van der Waals surface area contributed by atoms with Crippen LogP contribution in [0.25, 0.3) is 21.8 Å². The number of aliphatic hydroxyl groups excluding tert-OH is 1. The van der Waals surface area contributed by atoms with Crippen LogP contribution in [0.15, 0.2) is 60.7 Å². The Hall–Kier alpha value is -3.64. The maximum atomic E-state index is 12.3. The van der Waals surface area contributed by atoms with Gasteiger partial charge >= 0.3 is 5.97 Å². The number of hydrogen-bond donors (Lipinski definition) is 2. The molecular weight excluding hydrogens is 392 g/mol. The van der Waals surface area contributed by atoms with Crippen molar-refractivity contribution in [2.24, 2.45) is 5.73 Å². The number of rotatable bonds is 6. The van der Waals surface area contributed by atoms with Crippen LogP contribution in [-0.2, 0) is 11.3 Å². The van der Waals surface area contributed by atoms with Gasteiger partial charge in [0.2, 0.25) is 5.91 Å². The Labute approximate surface area is 179 Å². The van der Waals surface area contributed by atoms with E-state index in [0.717, 1.165) is 22.2 Å². The van der Waals surface area contributed by atoms with Gasteiger partial charge in [0.25, 0.3) is 0 Å². The van der Waals surface area contributed by atoms with Crippen LogP contribution < -0.4 is 10.5 Å². The molecule has 31 heavy (non-hydrogen) atoms. The molecule has 0 aliphatic rings. The van der Waals surface area contributed by atoms with Crippen molar-refractivity contribution in [3.8, 4) is 5.75 Å². The number of nitrogens with two attached hydrogens (primary N) is 1. The molecule has 1 amide bonds. The Morgan fingerprint density at radius 2 is 1.74 bits per heavy atom. The Morgan fingerprint density at radius 1 is 1.00 bits per heavy atom. The number of hydrogen-bond acceptors (Lipinski definition) is 4. The number of benzene rings is 3. The van der Waals surface area contributed by atoms with E-state index in [1.807, 2.05) is 36.4 Å². The average Bonchev–Trinajstić information content (AvgIpc) is 3.08. The van der Waals surface area contributed by atoms with Crippen molar-refractivity contribution in [2.45, 2.75) is 26.3 Å². The molecule has 6 heteroatoms. The van der Waals surface area contributed by atoms with Gasteiger partial charge in [0.1, 0.15) is 12.4 Å². The summed E-state index contributed by atoms with van der Waals surface area (Å²) in [6.07, 6.45) is 0. The summed E-state index contributed by atoms with van der Waals surface area (Å²) in [5.41, 5.74) is 9.77. The van der Waals surface area contributed by atoms with Gasteiger partial charge in [-0.15, -0.1) is 0 Å². The van der Waals surface area contributed by atoms with Gasteiger partial charge in [-0.05, 0) is 41.3 Å². The molecule has 3 N–H and O–H groups in total. The predicted molar refractivity (Wildman–Crippen MR) is 120 cm³/mol. The summed E-state index contributed by atoms with van der Waals surface area (Å²) in [6, 6.07) is 19.2. The van der Waals surface area contributed by atoms with Crippen molar-refractivity contribution in [1.82, 2.24) is 4.57 Å². The topological polar surface area (TPSA) is 94.6 Å². The maximum Gasteiger partial charge on any atom is 0.337 e. The number of amides is 1. The fourth-order valence-electron chi connectivity index (χ4n) is 3.95. The predicted octanol–water partition coefficient (Wildman–Crippen LogP) is 3.96. The number of aromatic nitrogens is 1.